The van der Waals surface area contributed by atoms with Crippen molar-refractivity contribution in [2.24, 2.45) is 17.6 Å². The van der Waals surface area contributed by atoms with Crippen LogP contribution in [-0.2, 0) is 19.6 Å². The topological polar surface area (TPSA) is 126 Å². The van der Waals surface area contributed by atoms with Crippen molar-refractivity contribution in [2.45, 2.75) is 45.4 Å². The third kappa shape index (κ3) is 6.16. The first-order chi connectivity index (χ1) is 14.8. The van der Waals surface area contributed by atoms with Gasteiger partial charge in [0.05, 0.1) is 23.6 Å². The molecule has 0 bridgehead atoms. The Morgan fingerprint density at radius 1 is 1.16 bits per heavy atom. The molecule has 0 saturated carbocycles. The van der Waals surface area contributed by atoms with Crippen LogP contribution in [0.4, 0.5) is 11.5 Å². The minimum Gasteiger partial charge on any atom is -0.369 e. The van der Waals surface area contributed by atoms with E-state index < -0.39 is 10.0 Å². The number of rotatable bonds is 8. The number of hydrogen-bond donors (Lipinski definition) is 2. The Bertz CT molecular complexity index is 866. The van der Waals surface area contributed by atoms with Crippen LogP contribution >= 0.6 is 0 Å². The quantitative estimate of drug-likeness (QED) is 0.618. The van der Waals surface area contributed by atoms with Gasteiger partial charge in [-0.2, -0.15) is 0 Å². The standard InChI is InChI=1S/C21H33N5O4S/c1-2-3-13-31(29,30)26-11-8-16(9-12-26)21(28)24-18-6-7-19(23-14-18)25-10-4-5-17(15-25)20(22)27/h6-7,14,16-17H,2-5,8-13,15H2,1H3,(H2,22,27)(H,24,28). The predicted octanol–water partition coefficient (Wildman–Crippen LogP) is 1.56. The van der Waals surface area contributed by atoms with Gasteiger partial charge in [0.2, 0.25) is 21.8 Å². The number of unbranched alkanes of at least 4 members (excludes halogenated alkanes) is 1. The summed E-state index contributed by atoms with van der Waals surface area (Å²) in [5.74, 6) is 0.178. The number of primary amides is 1. The van der Waals surface area contributed by atoms with E-state index in [4.69, 9.17) is 5.73 Å². The van der Waals surface area contributed by atoms with E-state index in [-0.39, 0.29) is 29.4 Å². The van der Waals surface area contributed by atoms with Gasteiger partial charge in [-0.05, 0) is 44.2 Å². The fourth-order valence-corrected chi connectivity index (χ4v) is 5.84. The van der Waals surface area contributed by atoms with Gasteiger partial charge in [0.25, 0.3) is 0 Å². The van der Waals surface area contributed by atoms with Gasteiger partial charge in [0, 0.05) is 32.1 Å². The van der Waals surface area contributed by atoms with Crippen LogP contribution < -0.4 is 16.0 Å². The number of aromatic nitrogens is 1. The number of hydrogen-bond acceptors (Lipinski definition) is 6. The Labute approximate surface area is 184 Å². The van der Waals surface area contributed by atoms with Gasteiger partial charge in [-0.3, -0.25) is 9.59 Å². The van der Waals surface area contributed by atoms with Crippen molar-refractivity contribution >= 4 is 33.3 Å². The fraction of sp³-hybridized carbons (Fsp3) is 0.667. The summed E-state index contributed by atoms with van der Waals surface area (Å²) in [5.41, 5.74) is 6.05. The molecule has 2 amide bonds. The third-order valence-corrected chi connectivity index (χ3v) is 8.09. The number of pyridine rings is 1. The number of amides is 2. The number of anilines is 2. The first kappa shape index (κ1) is 23.5. The highest BCUT2D eigenvalue weighted by Gasteiger charge is 2.31. The molecule has 0 spiro atoms. The smallest absolute Gasteiger partial charge is 0.227 e. The number of carbonyl (C=O) groups excluding carboxylic acids is 2. The SMILES string of the molecule is CCCCS(=O)(=O)N1CCC(C(=O)Nc2ccc(N3CCCC(C(N)=O)C3)nc2)CC1. The summed E-state index contributed by atoms with van der Waals surface area (Å²) < 4.78 is 26.2. The van der Waals surface area contributed by atoms with Gasteiger partial charge < -0.3 is 16.0 Å². The van der Waals surface area contributed by atoms with Crippen molar-refractivity contribution in [1.29, 1.82) is 0 Å². The Morgan fingerprint density at radius 3 is 2.52 bits per heavy atom. The zero-order chi connectivity index (χ0) is 22.4. The lowest BCUT2D eigenvalue weighted by molar-refractivity contribution is -0.122. The zero-order valence-corrected chi connectivity index (χ0v) is 18.9. The average Bonchev–Trinajstić information content (AvgIpc) is 2.78. The molecule has 0 radical (unpaired) electrons. The monoisotopic (exact) mass is 451 g/mol. The molecule has 9 nitrogen and oxygen atoms in total. The molecule has 3 heterocycles. The summed E-state index contributed by atoms with van der Waals surface area (Å²) in [6, 6.07) is 3.64. The first-order valence-electron chi connectivity index (χ1n) is 11.1. The van der Waals surface area contributed by atoms with Crippen LogP contribution in [0.5, 0.6) is 0 Å². The van der Waals surface area contributed by atoms with Crippen molar-refractivity contribution in [3.63, 3.8) is 0 Å². The summed E-state index contributed by atoms with van der Waals surface area (Å²) in [4.78, 5) is 30.6. The number of sulfonamides is 1. The Morgan fingerprint density at radius 2 is 1.90 bits per heavy atom. The van der Waals surface area contributed by atoms with Crippen LogP contribution in [0.3, 0.4) is 0 Å². The van der Waals surface area contributed by atoms with Gasteiger partial charge in [-0.1, -0.05) is 13.3 Å². The number of nitrogens with one attached hydrogen (secondary N) is 1. The maximum absolute atomic E-state index is 12.6. The minimum absolute atomic E-state index is 0.105. The molecular weight excluding hydrogens is 418 g/mol. The van der Waals surface area contributed by atoms with Crippen molar-refractivity contribution in [1.82, 2.24) is 9.29 Å². The van der Waals surface area contributed by atoms with E-state index in [2.05, 4.69) is 10.3 Å². The molecule has 31 heavy (non-hydrogen) atoms. The van der Waals surface area contributed by atoms with Crippen molar-refractivity contribution in [2.75, 3.05) is 42.1 Å². The van der Waals surface area contributed by atoms with Crippen LogP contribution in [0, 0.1) is 11.8 Å². The summed E-state index contributed by atoms with van der Waals surface area (Å²) in [6.45, 7) is 4.13. The zero-order valence-electron chi connectivity index (χ0n) is 18.1. The summed E-state index contributed by atoms with van der Waals surface area (Å²) in [7, 11) is -3.22. The van der Waals surface area contributed by atoms with Gasteiger partial charge >= 0.3 is 0 Å². The maximum Gasteiger partial charge on any atom is 0.227 e. The van der Waals surface area contributed by atoms with Crippen molar-refractivity contribution < 1.29 is 18.0 Å². The molecule has 2 fully saturated rings. The van der Waals surface area contributed by atoms with Gasteiger partial charge in [-0.25, -0.2) is 17.7 Å². The van der Waals surface area contributed by atoms with Crippen LogP contribution in [0.1, 0.15) is 45.4 Å². The van der Waals surface area contributed by atoms with E-state index in [1.54, 1.807) is 12.3 Å². The van der Waals surface area contributed by atoms with E-state index in [0.717, 1.165) is 31.6 Å². The average molecular weight is 452 g/mol. The highest BCUT2D eigenvalue weighted by Crippen LogP contribution is 2.24. The van der Waals surface area contributed by atoms with Crippen LogP contribution in [0.25, 0.3) is 0 Å². The molecule has 1 aromatic heterocycles. The Balaban J connectivity index is 1.51. The molecule has 0 aromatic carbocycles. The Kier molecular flexibility index (Phi) is 7.88. The van der Waals surface area contributed by atoms with Gasteiger partial charge in [0.15, 0.2) is 0 Å². The molecular formula is C21H33N5O4S. The second-order valence-corrected chi connectivity index (χ2v) is 10.5. The molecule has 172 valence electrons. The van der Waals surface area contributed by atoms with Gasteiger partial charge in [-0.15, -0.1) is 0 Å². The van der Waals surface area contributed by atoms with Crippen molar-refractivity contribution in [3.8, 4) is 0 Å². The molecule has 3 rings (SSSR count). The number of nitrogens with zero attached hydrogens (tertiary/aromatic N) is 3. The van der Waals surface area contributed by atoms with E-state index in [9.17, 15) is 18.0 Å². The summed E-state index contributed by atoms with van der Waals surface area (Å²) in [6.07, 6.45) is 5.85. The number of nitrogens with two attached hydrogens (primary N) is 1. The lowest BCUT2D eigenvalue weighted by Gasteiger charge is -2.32. The van der Waals surface area contributed by atoms with Crippen molar-refractivity contribution in [3.05, 3.63) is 18.3 Å². The molecule has 2 saturated heterocycles. The number of carbonyl (C=O) groups is 2. The predicted molar refractivity (Wildman–Crippen MR) is 120 cm³/mol. The first-order valence-corrected chi connectivity index (χ1v) is 12.7. The normalized spacial score (nSPS) is 21.1. The third-order valence-electron chi connectivity index (χ3n) is 6.14. The van der Waals surface area contributed by atoms with E-state index in [1.165, 1.54) is 4.31 Å². The molecule has 3 N–H and O–H groups in total. The van der Waals surface area contributed by atoms with Crippen LogP contribution in [0.15, 0.2) is 18.3 Å². The molecule has 2 aliphatic rings. The number of piperidine rings is 2. The largest absolute Gasteiger partial charge is 0.369 e. The molecule has 2 aliphatic heterocycles. The van der Waals surface area contributed by atoms with E-state index in [1.807, 2.05) is 17.9 Å². The molecule has 1 atom stereocenters. The van der Waals surface area contributed by atoms with Crippen LogP contribution in [-0.4, -0.2) is 61.5 Å². The highest BCUT2D eigenvalue weighted by atomic mass is 32.2. The lowest BCUT2D eigenvalue weighted by Crippen LogP contribution is -2.42. The second kappa shape index (κ2) is 10.4. The molecule has 0 aliphatic carbocycles. The van der Waals surface area contributed by atoms with Crippen LogP contribution in [0.2, 0.25) is 0 Å². The van der Waals surface area contributed by atoms with E-state index in [0.29, 0.717) is 44.6 Å². The highest BCUT2D eigenvalue weighted by molar-refractivity contribution is 7.89. The second-order valence-electron chi connectivity index (χ2n) is 8.42. The minimum atomic E-state index is -3.22. The lowest BCUT2D eigenvalue weighted by atomic mass is 9.97. The Hall–Kier alpha value is -2.20. The van der Waals surface area contributed by atoms with E-state index >= 15 is 0 Å². The molecule has 10 heteroatoms. The fourth-order valence-electron chi connectivity index (χ4n) is 4.16. The molecule has 1 unspecified atom stereocenters. The summed E-state index contributed by atoms with van der Waals surface area (Å²) in [5, 5.41) is 2.89. The summed E-state index contributed by atoms with van der Waals surface area (Å²) >= 11 is 0. The molecule has 1 aromatic rings. The maximum atomic E-state index is 12.6. The van der Waals surface area contributed by atoms with Gasteiger partial charge in [0.1, 0.15) is 5.82 Å².